The second-order valence-corrected chi connectivity index (χ2v) is 6.08. The third-order valence-electron chi connectivity index (χ3n) is 4.32. The minimum Gasteiger partial charge on any atom is -0.464 e. The van der Waals surface area contributed by atoms with Crippen LogP contribution in [0.4, 0.5) is 5.82 Å². The van der Waals surface area contributed by atoms with Crippen LogP contribution < -0.4 is 10.3 Å². The summed E-state index contributed by atoms with van der Waals surface area (Å²) in [6.45, 7) is 4.19. The Kier molecular flexibility index (Phi) is 3.58. The summed E-state index contributed by atoms with van der Waals surface area (Å²) < 4.78 is 5.74. The molecule has 120 valence electrons. The summed E-state index contributed by atoms with van der Waals surface area (Å²) in [5, 5.41) is 4.79. The Morgan fingerprint density at radius 2 is 1.96 bits per heavy atom. The number of benzene rings is 1. The highest BCUT2D eigenvalue weighted by atomic mass is 16.3. The summed E-state index contributed by atoms with van der Waals surface area (Å²) in [5.41, 5.74) is 4.68. The molecule has 0 amide bonds. The molecule has 4 nitrogen and oxygen atoms in total. The molecule has 0 aliphatic heterocycles. The molecule has 4 heteroatoms. The van der Waals surface area contributed by atoms with Crippen LogP contribution in [0.1, 0.15) is 28.6 Å². The molecule has 3 N–H and O–H groups in total. The molecule has 3 aromatic heterocycles. The summed E-state index contributed by atoms with van der Waals surface area (Å²) in [6, 6.07) is 16.4. The quantitative estimate of drug-likeness (QED) is 0.586. The van der Waals surface area contributed by atoms with Crippen molar-refractivity contribution >= 4 is 16.7 Å². The van der Waals surface area contributed by atoms with E-state index in [4.69, 9.17) is 4.42 Å². The molecule has 1 aromatic carbocycles. The van der Waals surface area contributed by atoms with Gasteiger partial charge >= 0.3 is 0 Å². The van der Waals surface area contributed by atoms with E-state index in [-0.39, 0.29) is 6.04 Å². The topological polar surface area (TPSA) is 55.1 Å². The van der Waals surface area contributed by atoms with Crippen LogP contribution in [0.25, 0.3) is 10.9 Å². The summed E-state index contributed by atoms with van der Waals surface area (Å²) in [6.07, 6.45) is 3.66. The molecule has 4 aromatic rings. The Balaban J connectivity index is 1.85. The van der Waals surface area contributed by atoms with Gasteiger partial charge in [0.25, 0.3) is 5.82 Å². The Labute approximate surface area is 140 Å². The van der Waals surface area contributed by atoms with Gasteiger partial charge in [0.05, 0.1) is 12.5 Å². The number of anilines is 1. The largest absolute Gasteiger partial charge is 0.464 e. The molecule has 0 saturated carbocycles. The second-order valence-electron chi connectivity index (χ2n) is 6.08. The Morgan fingerprint density at radius 3 is 2.75 bits per heavy atom. The van der Waals surface area contributed by atoms with Crippen molar-refractivity contribution in [2.45, 2.75) is 19.9 Å². The number of aromatic amines is 2. The van der Waals surface area contributed by atoms with Gasteiger partial charge in [0.1, 0.15) is 0 Å². The first kappa shape index (κ1) is 14.6. The van der Waals surface area contributed by atoms with Gasteiger partial charge in [0.15, 0.2) is 11.8 Å². The van der Waals surface area contributed by atoms with E-state index in [0.29, 0.717) is 0 Å². The SMILES string of the molecule is Cc1cc[nH+]c(NC(c2ccco2)c2c(C)[nH]c3ccccc23)c1. The molecular formula is C20H20N3O+. The van der Waals surface area contributed by atoms with E-state index >= 15 is 0 Å². The predicted molar refractivity (Wildman–Crippen MR) is 94.9 cm³/mol. The number of hydrogen-bond acceptors (Lipinski definition) is 2. The molecule has 1 unspecified atom stereocenters. The fourth-order valence-corrected chi connectivity index (χ4v) is 3.23. The van der Waals surface area contributed by atoms with Crippen molar-refractivity contribution in [2.24, 2.45) is 0 Å². The molecule has 0 aliphatic carbocycles. The smallest absolute Gasteiger partial charge is 0.273 e. The van der Waals surface area contributed by atoms with Crippen LogP contribution in [-0.2, 0) is 0 Å². The second kappa shape index (κ2) is 5.89. The van der Waals surface area contributed by atoms with Gasteiger partial charge < -0.3 is 9.40 Å². The summed E-state index contributed by atoms with van der Waals surface area (Å²) in [5.74, 6) is 1.85. The lowest BCUT2D eigenvalue weighted by molar-refractivity contribution is -0.361. The van der Waals surface area contributed by atoms with Crippen LogP contribution >= 0.6 is 0 Å². The highest BCUT2D eigenvalue weighted by Crippen LogP contribution is 2.34. The first-order chi connectivity index (χ1) is 11.7. The lowest BCUT2D eigenvalue weighted by Gasteiger charge is -2.13. The van der Waals surface area contributed by atoms with Gasteiger partial charge in [-0.2, -0.15) is 0 Å². The maximum absolute atomic E-state index is 5.74. The Bertz CT molecular complexity index is 970. The molecule has 0 radical (unpaired) electrons. The normalized spacial score (nSPS) is 12.4. The molecule has 3 heterocycles. The van der Waals surface area contributed by atoms with Crippen molar-refractivity contribution in [2.75, 3.05) is 5.32 Å². The van der Waals surface area contributed by atoms with E-state index < -0.39 is 0 Å². The average molecular weight is 318 g/mol. The number of pyridine rings is 1. The molecule has 0 bridgehead atoms. The number of rotatable bonds is 4. The fraction of sp³-hybridized carbons (Fsp3) is 0.150. The van der Waals surface area contributed by atoms with Gasteiger partial charge in [0, 0.05) is 28.2 Å². The highest BCUT2D eigenvalue weighted by Gasteiger charge is 2.27. The van der Waals surface area contributed by atoms with Gasteiger partial charge in [0.2, 0.25) is 0 Å². The van der Waals surface area contributed by atoms with Gasteiger partial charge in [-0.1, -0.05) is 18.2 Å². The summed E-state index contributed by atoms with van der Waals surface area (Å²) >= 11 is 0. The van der Waals surface area contributed by atoms with Crippen molar-refractivity contribution in [3.63, 3.8) is 0 Å². The van der Waals surface area contributed by atoms with Crippen LogP contribution in [0.2, 0.25) is 0 Å². The zero-order chi connectivity index (χ0) is 16.5. The Hall–Kier alpha value is -3.01. The van der Waals surface area contributed by atoms with E-state index in [1.54, 1.807) is 6.26 Å². The number of H-pyrrole nitrogens is 2. The number of para-hydroxylation sites is 1. The predicted octanol–water partition coefficient (Wildman–Crippen LogP) is 4.39. The van der Waals surface area contributed by atoms with Crippen molar-refractivity contribution in [1.82, 2.24) is 4.98 Å². The fourth-order valence-electron chi connectivity index (χ4n) is 3.23. The number of furan rings is 1. The maximum atomic E-state index is 5.74. The minimum absolute atomic E-state index is 0.0748. The minimum atomic E-state index is -0.0748. The van der Waals surface area contributed by atoms with Crippen molar-refractivity contribution < 1.29 is 9.40 Å². The van der Waals surface area contributed by atoms with Gasteiger partial charge in [-0.25, -0.2) is 4.98 Å². The molecular weight excluding hydrogens is 298 g/mol. The standard InChI is InChI=1S/C20H19N3O/c1-13-9-10-21-18(12-13)23-20(17-8-5-11-24-17)19-14(2)22-16-7-4-3-6-15(16)19/h3-12,20,22H,1-2H3,(H,21,23)/p+1. The van der Waals surface area contributed by atoms with E-state index in [2.05, 4.69) is 53.4 Å². The van der Waals surface area contributed by atoms with E-state index in [9.17, 15) is 0 Å². The number of hydrogen-bond donors (Lipinski definition) is 2. The van der Waals surface area contributed by atoms with E-state index in [1.165, 1.54) is 16.5 Å². The van der Waals surface area contributed by atoms with Crippen molar-refractivity contribution in [3.8, 4) is 0 Å². The maximum Gasteiger partial charge on any atom is 0.273 e. The summed E-state index contributed by atoms with van der Waals surface area (Å²) in [4.78, 5) is 6.74. The van der Waals surface area contributed by atoms with Crippen LogP contribution in [-0.4, -0.2) is 4.98 Å². The molecule has 0 spiro atoms. The number of fused-ring (bicyclic) bond motifs is 1. The lowest BCUT2D eigenvalue weighted by Crippen LogP contribution is -2.19. The van der Waals surface area contributed by atoms with Crippen LogP contribution in [0, 0.1) is 13.8 Å². The van der Waals surface area contributed by atoms with Crippen molar-refractivity contribution in [1.29, 1.82) is 0 Å². The first-order valence-electron chi connectivity index (χ1n) is 8.08. The number of aryl methyl sites for hydroxylation is 2. The molecule has 1 atom stereocenters. The molecule has 0 fully saturated rings. The Morgan fingerprint density at radius 1 is 1.08 bits per heavy atom. The molecule has 0 saturated heterocycles. The molecule has 0 aliphatic rings. The van der Waals surface area contributed by atoms with E-state index in [0.717, 1.165) is 22.8 Å². The third kappa shape index (κ3) is 2.56. The van der Waals surface area contributed by atoms with Gasteiger partial charge in [-0.05, 0) is 43.7 Å². The highest BCUT2D eigenvalue weighted by molar-refractivity contribution is 5.85. The van der Waals surface area contributed by atoms with Crippen LogP contribution in [0.3, 0.4) is 0 Å². The lowest BCUT2D eigenvalue weighted by atomic mass is 10.0. The van der Waals surface area contributed by atoms with E-state index in [1.807, 2.05) is 30.5 Å². The number of aromatic nitrogens is 2. The van der Waals surface area contributed by atoms with Gasteiger partial charge in [-0.3, -0.25) is 5.32 Å². The average Bonchev–Trinajstić information content (AvgIpc) is 3.20. The van der Waals surface area contributed by atoms with Crippen LogP contribution in [0.5, 0.6) is 0 Å². The third-order valence-corrected chi connectivity index (χ3v) is 4.32. The number of nitrogens with one attached hydrogen (secondary N) is 3. The van der Waals surface area contributed by atoms with Gasteiger partial charge in [-0.15, -0.1) is 0 Å². The van der Waals surface area contributed by atoms with Crippen molar-refractivity contribution in [3.05, 3.63) is 83.6 Å². The first-order valence-corrected chi connectivity index (χ1v) is 8.08. The summed E-state index contributed by atoms with van der Waals surface area (Å²) in [7, 11) is 0. The molecule has 24 heavy (non-hydrogen) atoms. The van der Waals surface area contributed by atoms with Crippen LogP contribution in [0.15, 0.2) is 65.4 Å². The zero-order valence-electron chi connectivity index (χ0n) is 13.8. The zero-order valence-corrected chi connectivity index (χ0v) is 13.8. The molecule has 4 rings (SSSR count). The monoisotopic (exact) mass is 318 g/mol.